The van der Waals surface area contributed by atoms with Gasteiger partial charge in [0.1, 0.15) is 0 Å². The predicted molar refractivity (Wildman–Crippen MR) is 79.1 cm³/mol. The minimum atomic E-state index is -4.28. The molecule has 0 heterocycles. The van der Waals surface area contributed by atoms with Crippen LogP contribution in [0.15, 0.2) is 23.1 Å². The van der Waals surface area contributed by atoms with Crippen LogP contribution < -0.4 is 5.32 Å². The number of hydrogen-bond acceptors (Lipinski definition) is 2. The summed E-state index contributed by atoms with van der Waals surface area (Å²) in [4.78, 5) is 0.338. The molecular weight excluding hydrogens is 283 g/mol. The van der Waals surface area contributed by atoms with E-state index in [1.807, 2.05) is 13.8 Å². The second-order valence-corrected chi connectivity index (χ2v) is 5.84. The van der Waals surface area contributed by atoms with Gasteiger partial charge in [0.15, 0.2) is 0 Å². The Morgan fingerprint density at radius 3 is 2.50 bits per heavy atom. The molecule has 0 aliphatic rings. The van der Waals surface area contributed by atoms with Crippen molar-refractivity contribution < 1.29 is 13.2 Å². The molecule has 0 amide bonds. The lowest BCUT2D eigenvalue weighted by Crippen LogP contribution is -2.15. The van der Waals surface area contributed by atoms with Gasteiger partial charge in [-0.15, -0.1) is 11.8 Å². The lowest BCUT2D eigenvalue weighted by Gasteiger charge is -2.14. The van der Waals surface area contributed by atoms with Crippen LogP contribution in [0.5, 0.6) is 0 Å². The highest BCUT2D eigenvalue weighted by molar-refractivity contribution is 7.99. The van der Waals surface area contributed by atoms with E-state index in [4.69, 9.17) is 0 Å². The fourth-order valence-corrected chi connectivity index (χ4v) is 2.92. The molecule has 1 aromatic rings. The molecule has 0 atom stereocenters. The molecule has 0 aromatic heterocycles. The Bertz CT molecular complexity index is 405. The summed E-state index contributed by atoms with van der Waals surface area (Å²) >= 11 is 1.30. The highest BCUT2D eigenvalue weighted by Crippen LogP contribution is 2.37. The molecule has 1 nitrogen and oxygen atoms in total. The molecule has 0 aliphatic heterocycles. The number of alkyl halides is 3. The molecule has 0 bridgehead atoms. The van der Waals surface area contributed by atoms with Crippen LogP contribution in [0, 0.1) is 0 Å². The zero-order chi connectivity index (χ0) is 15.0. The van der Waals surface area contributed by atoms with E-state index in [1.54, 1.807) is 12.1 Å². The van der Waals surface area contributed by atoms with Crippen molar-refractivity contribution in [3.05, 3.63) is 29.3 Å². The summed E-state index contributed by atoms with van der Waals surface area (Å²) in [6, 6.07) is 4.66. The Morgan fingerprint density at radius 1 is 1.15 bits per heavy atom. The zero-order valence-corrected chi connectivity index (χ0v) is 12.8. The Hall–Kier alpha value is -0.680. The van der Waals surface area contributed by atoms with Crippen LogP contribution >= 0.6 is 11.8 Å². The van der Waals surface area contributed by atoms with Crippen LogP contribution in [0.25, 0.3) is 0 Å². The first-order valence-electron chi connectivity index (χ1n) is 7.02. The van der Waals surface area contributed by atoms with E-state index < -0.39 is 11.7 Å². The van der Waals surface area contributed by atoms with Crippen molar-refractivity contribution in [3.63, 3.8) is 0 Å². The lowest BCUT2D eigenvalue weighted by atomic mass is 10.1. The Kier molecular flexibility index (Phi) is 7.45. The van der Waals surface area contributed by atoms with E-state index in [0.717, 1.165) is 31.6 Å². The Morgan fingerprint density at radius 2 is 1.90 bits per heavy atom. The molecule has 0 saturated carbocycles. The highest BCUT2D eigenvalue weighted by Gasteiger charge is 2.33. The summed E-state index contributed by atoms with van der Waals surface area (Å²) in [5.74, 6) is 0.729. The van der Waals surface area contributed by atoms with Gasteiger partial charge in [-0.05, 0) is 42.8 Å². The Labute approximate surface area is 123 Å². The standard InChI is InChI=1S/C15H22F3NS/c1-3-5-9-20-14-7-6-12(11-19-8-4-2)10-13(14)15(16,17)18/h6-7,10,19H,3-5,8-9,11H2,1-2H3. The quantitative estimate of drug-likeness (QED) is 0.530. The van der Waals surface area contributed by atoms with Crippen molar-refractivity contribution in [3.8, 4) is 0 Å². The third-order valence-electron chi connectivity index (χ3n) is 2.86. The topological polar surface area (TPSA) is 12.0 Å². The maximum Gasteiger partial charge on any atom is 0.417 e. The molecule has 20 heavy (non-hydrogen) atoms. The number of rotatable bonds is 8. The van der Waals surface area contributed by atoms with Crippen LogP contribution in [-0.4, -0.2) is 12.3 Å². The highest BCUT2D eigenvalue weighted by atomic mass is 32.2. The van der Waals surface area contributed by atoms with E-state index >= 15 is 0 Å². The maximum atomic E-state index is 13.1. The summed E-state index contributed by atoms with van der Waals surface area (Å²) in [5, 5.41) is 3.13. The number of hydrogen-bond donors (Lipinski definition) is 1. The molecule has 0 spiro atoms. The monoisotopic (exact) mass is 305 g/mol. The maximum absolute atomic E-state index is 13.1. The molecule has 0 radical (unpaired) electrons. The third-order valence-corrected chi connectivity index (χ3v) is 4.02. The SMILES string of the molecule is CCCCSc1ccc(CNCCC)cc1C(F)(F)F. The van der Waals surface area contributed by atoms with E-state index in [-0.39, 0.29) is 0 Å². The van der Waals surface area contributed by atoms with Gasteiger partial charge in [-0.2, -0.15) is 13.2 Å². The predicted octanol–water partition coefficient (Wildman–Crippen LogP) is 5.10. The minimum Gasteiger partial charge on any atom is -0.313 e. The second-order valence-electron chi connectivity index (χ2n) is 4.71. The van der Waals surface area contributed by atoms with Crippen LogP contribution in [0.4, 0.5) is 13.2 Å². The van der Waals surface area contributed by atoms with Gasteiger partial charge in [-0.3, -0.25) is 0 Å². The van der Waals surface area contributed by atoms with Crippen molar-refractivity contribution in [2.75, 3.05) is 12.3 Å². The van der Waals surface area contributed by atoms with Gasteiger partial charge >= 0.3 is 6.18 Å². The number of halogens is 3. The van der Waals surface area contributed by atoms with Crippen LogP contribution in [-0.2, 0) is 12.7 Å². The van der Waals surface area contributed by atoms with Gasteiger partial charge in [0.05, 0.1) is 5.56 Å². The van der Waals surface area contributed by atoms with E-state index in [1.165, 1.54) is 17.8 Å². The van der Waals surface area contributed by atoms with E-state index in [9.17, 15) is 13.2 Å². The average molecular weight is 305 g/mol. The van der Waals surface area contributed by atoms with Gasteiger partial charge in [0.25, 0.3) is 0 Å². The van der Waals surface area contributed by atoms with E-state index in [0.29, 0.717) is 17.0 Å². The van der Waals surface area contributed by atoms with Gasteiger partial charge in [0.2, 0.25) is 0 Å². The summed E-state index contributed by atoms with van der Waals surface area (Å²) in [6.45, 7) is 5.36. The second kappa shape index (κ2) is 8.57. The number of unbranched alkanes of at least 4 members (excludes halogenated alkanes) is 1. The van der Waals surface area contributed by atoms with Crippen LogP contribution in [0.1, 0.15) is 44.2 Å². The average Bonchev–Trinajstić information content (AvgIpc) is 2.39. The molecule has 1 N–H and O–H groups in total. The number of benzene rings is 1. The largest absolute Gasteiger partial charge is 0.417 e. The van der Waals surface area contributed by atoms with Crippen LogP contribution in [0.2, 0.25) is 0 Å². The Balaban J connectivity index is 2.83. The van der Waals surface area contributed by atoms with Crippen molar-refractivity contribution in [2.45, 2.75) is 50.7 Å². The van der Waals surface area contributed by atoms with Crippen LogP contribution in [0.3, 0.4) is 0 Å². The number of nitrogens with one attached hydrogen (secondary N) is 1. The zero-order valence-electron chi connectivity index (χ0n) is 12.0. The molecule has 1 aromatic carbocycles. The number of thioether (sulfide) groups is 1. The molecule has 0 saturated heterocycles. The molecule has 1 rings (SSSR count). The molecule has 0 unspecified atom stereocenters. The fraction of sp³-hybridized carbons (Fsp3) is 0.600. The summed E-state index contributed by atoms with van der Waals surface area (Å²) in [5.41, 5.74) is 0.181. The third kappa shape index (κ3) is 5.75. The summed E-state index contributed by atoms with van der Waals surface area (Å²) in [6.07, 6.45) is -1.39. The van der Waals surface area contributed by atoms with E-state index in [2.05, 4.69) is 5.32 Å². The normalized spacial score (nSPS) is 11.8. The molecule has 114 valence electrons. The van der Waals surface area contributed by atoms with Crippen molar-refractivity contribution in [1.29, 1.82) is 0 Å². The van der Waals surface area contributed by atoms with Crippen molar-refractivity contribution in [2.24, 2.45) is 0 Å². The molecule has 0 aliphatic carbocycles. The fourth-order valence-electron chi connectivity index (χ4n) is 1.77. The van der Waals surface area contributed by atoms with Gasteiger partial charge in [0, 0.05) is 11.4 Å². The molecule has 5 heteroatoms. The summed E-state index contributed by atoms with van der Waals surface area (Å²) in [7, 11) is 0. The first kappa shape index (κ1) is 17.4. The molecule has 0 fully saturated rings. The first-order chi connectivity index (χ1) is 9.49. The lowest BCUT2D eigenvalue weighted by molar-refractivity contribution is -0.139. The van der Waals surface area contributed by atoms with Crippen molar-refractivity contribution in [1.82, 2.24) is 5.32 Å². The molecular formula is C15H22F3NS. The van der Waals surface area contributed by atoms with Gasteiger partial charge in [-0.1, -0.05) is 26.3 Å². The first-order valence-corrected chi connectivity index (χ1v) is 8.01. The summed E-state index contributed by atoms with van der Waals surface area (Å²) < 4.78 is 39.3. The minimum absolute atomic E-state index is 0.338. The smallest absolute Gasteiger partial charge is 0.313 e. The van der Waals surface area contributed by atoms with Crippen molar-refractivity contribution >= 4 is 11.8 Å². The van der Waals surface area contributed by atoms with Gasteiger partial charge in [-0.25, -0.2) is 0 Å². The van der Waals surface area contributed by atoms with Gasteiger partial charge < -0.3 is 5.32 Å².